The van der Waals surface area contributed by atoms with Gasteiger partial charge in [-0.05, 0) is 43.4 Å². The number of carbonyl (C=O) groups excluding carboxylic acids is 1. The van der Waals surface area contributed by atoms with Gasteiger partial charge in [0.05, 0.1) is 0 Å². The normalized spacial score (nSPS) is 22.8. The molecule has 2 rings (SSSR count). The molecule has 1 saturated carbocycles. The molecular weight excluding hydrogens is 238 g/mol. The third kappa shape index (κ3) is 4.24. The van der Waals surface area contributed by atoms with E-state index in [4.69, 9.17) is 5.73 Å². The predicted octanol–water partition coefficient (Wildman–Crippen LogP) is 2.57. The van der Waals surface area contributed by atoms with Gasteiger partial charge in [0.15, 0.2) is 0 Å². The van der Waals surface area contributed by atoms with Crippen molar-refractivity contribution in [3.05, 3.63) is 30.3 Å². The molecule has 0 spiro atoms. The number of anilines is 1. The molecular formula is C15H23N3O. The van der Waals surface area contributed by atoms with Crippen LogP contribution in [0, 0.1) is 11.8 Å². The number of hydrogen-bond acceptors (Lipinski definition) is 2. The number of benzene rings is 1. The first-order valence-corrected chi connectivity index (χ1v) is 7.09. The summed E-state index contributed by atoms with van der Waals surface area (Å²) in [6, 6.07) is 9.36. The molecule has 1 aromatic rings. The lowest BCUT2D eigenvalue weighted by atomic mass is 9.79. The van der Waals surface area contributed by atoms with Gasteiger partial charge in [0.2, 0.25) is 0 Å². The van der Waals surface area contributed by atoms with Gasteiger partial charge in [-0.25, -0.2) is 4.79 Å². The van der Waals surface area contributed by atoms with Crippen LogP contribution in [0.3, 0.4) is 0 Å². The fraction of sp³-hybridized carbons (Fsp3) is 0.533. The molecule has 1 aliphatic rings. The molecule has 4 nitrogen and oxygen atoms in total. The number of hydrogen-bond donors (Lipinski definition) is 3. The van der Waals surface area contributed by atoms with Crippen molar-refractivity contribution in [2.24, 2.45) is 17.6 Å². The number of amides is 2. The van der Waals surface area contributed by atoms with Gasteiger partial charge in [-0.2, -0.15) is 0 Å². The second kappa shape index (κ2) is 7.14. The van der Waals surface area contributed by atoms with Gasteiger partial charge < -0.3 is 16.4 Å². The van der Waals surface area contributed by atoms with Crippen LogP contribution in [0.4, 0.5) is 10.5 Å². The largest absolute Gasteiger partial charge is 0.338 e. The van der Waals surface area contributed by atoms with E-state index in [2.05, 4.69) is 10.6 Å². The van der Waals surface area contributed by atoms with Crippen molar-refractivity contribution >= 4 is 11.7 Å². The van der Waals surface area contributed by atoms with Crippen LogP contribution in [0.5, 0.6) is 0 Å². The lowest BCUT2D eigenvalue weighted by Crippen LogP contribution is -2.38. The molecule has 0 heterocycles. The highest BCUT2D eigenvalue weighted by Crippen LogP contribution is 2.28. The summed E-state index contributed by atoms with van der Waals surface area (Å²) < 4.78 is 0. The van der Waals surface area contributed by atoms with Gasteiger partial charge in [-0.15, -0.1) is 0 Å². The van der Waals surface area contributed by atoms with Gasteiger partial charge in [0, 0.05) is 12.2 Å². The molecule has 1 aromatic carbocycles. The van der Waals surface area contributed by atoms with E-state index in [-0.39, 0.29) is 6.03 Å². The van der Waals surface area contributed by atoms with E-state index in [0.29, 0.717) is 11.8 Å². The fourth-order valence-corrected chi connectivity index (χ4v) is 2.78. The molecule has 0 bridgehead atoms. The molecule has 1 aliphatic carbocycles. The average molecular weight is 261 g/mol. The number of nitrogens with one attached hydrogen (secondary N) is 2. The van der Waals surface area contributed by atoms with Crippen LogP contribution in [-0.2, 0) is 0 Å². The highest BCUT2D eigenvalue weighted by molar-refractivity contribution is 5.89. The highest BCUT2D eigenvalue weighted by Gasteiger charge is 2.24. The summed E-state index contributed by atoms with van der Waals surface area (Å²) in [6.07, 6.45) is 4.90. The molecule has 1 fully saturated rings. The lowest BCUT2D eigenvalue weighted by molar-refractivity contribution is 0.225. The van der Waals surface area contributed by atoms with Crippen molar-refractivity contribution in [3.63, 3.8) is 0 Å². The third-order valence-electron chi connectivity index (χ3n) is 3.93. The maximum absolute atomic E-state index is 11.8. The standard InChI is InChI=1S/C15H23N3O/c16-10-12-6-4-5-7-13(12)11-17-15(19)18-14-8-2-1-3-9-14/h1-3,8-9,12-13H,4-7,10-11,16H2,(H2,17,18,19). The van der Waals surface area contributed by atoms with Crippen LogP contribution < -0.4 is 16.4 Å². The Morgan fingerprint density at radius 2 is 1.84 bits per heavy atom. The van der Waals surface area contributed by atoms with E-state index in [1.54, 1.807) is 0 Å². The Morgan fingerprint density at radius 1 is 1.16 bits per heavy atom. The van der Waals surface area contributed by atoms with Gasteiger partial charge in [-0.3, -0.25) is 0 Å². The van der Waals surface area contributed by atoms with E-state index < -0.39 is 0 Å². The second-order valence-electron chi connectivity index (χ2n) is 5.24. The average Bonchev–Trinajstić information content (AvgIpc) is 2.46. The zero-order chi connectivity index (χ0) is 13.5. The van der Waals surface area contributed by atoms with Crippen LogP contribution in [-0.4, -0.2) is 19.1 Å². The summed E-state index contributed by atoms with van der Waals surface area (Å²) in [6.45, 7) is 1.45. The van der Waals surface area contributed by atoms with Gasteiger partial charge in [0.1, 0.15) is 0 Å². The summed E-state index contributed by atoms with van der Waals surface area (Å²) in [7, 11) is 0. The van der Waals surface area contributed by atoms with Gasteiger partial charge in [-0.1, -0.05) is 31.0 Å². The Balaban J connectivity index is 1.76. The van der Waals surface area contributed by atoms with Gasteiger partial charge >= 0.3 is 6.03 Å². The van der Waals surface area contributed by atoms with E-state index in [0.717, 1.165) is 18.8 Å². The molecule has 4 N–H and O–H groups in total. The number of carbonyl (C=O) groups is 1. The molecule has 104 valence electrons. The molecule has 0 aromatic heterocycles. The van der Waals surface area contributed by atoms with E-state index in [9.17, 15) is 4.79 Å². The van der Waals surface area contributed by atoms with Crippen molar-refractivity contribution in [2.75, 3.05) is 18.4 Å². The van der Waals surface area contributed by atoms with E-state index >= 15 is 0 Å². The third-order valence-corrected chi connectivity index (χ3v) is 3.93. The van der Waals surface area contributed by atoms with Crippen LogP contribution >= 0.6 is 0 Å². The van der Waals surface area contributed by atoms with Crippen LogP contribution in [0.25, 0.3) is 0 Å². The molecule has 0 aliphatic heterocycles. The number of rotatable bonds is 4. The predicted molar refractivity (Wildman–Crippen MR) is 78.0 cm³/mol. The Bertz CT molecular complexity index is 394. The first-order valence-electron chi connectivity index (χ1n) is 7.09. The minimum absolute atomic E-state index is 0.132. The number of urea groups is 1. The molecule has 19 heavy (non-hydrogen) atoms. The first kappa shape index (κ1) is 13.9. The quantitative estimate of drug-likeness (QED) is 0.779. The van der Waals surface area contributed by atoms with Crippen molar-refractivity contribution in [3.8, 4) is 0 Å². The van der Waals surface area contributed by atoms with E-state index in [1.165, 1.54) is 25.7 Å². The zero-order valence-corrected chi connectivity index (χ0v) is 11.3. The fourth-order valence-electron chi connectivity index (χ4n) is 2.78. The summed E-state index contributed by atoms with van der Waals surface area (Å²) in [5, 5.41) is 5.79. The van der Waals surface area contributed by atoms with Crippen molar-refractivity contribution < 1.29 is 4.79 Å². The molecule has 0 radical (unpaired) electrons. The van der Waals surface area contributed by atoms with Crippen molar-refractivity contribution in [1.29, 1.82) is 0 Å². The monoisotopic (exact) mass is 261 g/mol. The molecule has 0 saturated heterocycles. The van der Waals surface area contributed by atoms with Crippen LogP contribution in [0.1, 0.15) is 25.7 Å². The maximum Gasteiger partial charge on any atom is 0.319 e. The number of nitrogens with two attached hydrogens (primary N) is 1. The van der Waals surface area contributed by atoms with Crippen molar-refractivity contribution in [1.82, 2.24) is 5.32 Å². The maximum atomic E-state index is 11.8. The molecule has 2 unspecified atom stereocenters. The van der Waals surface area contributed by atoms with E-state index in [1.807, 2.05) is 30.3 Å². The molecule has 2 amide bonds. The summed E-state index contributed by atoms with van der Waals surface area (Å²) >= 11 is 0. The summed E-state index contributed by atoms with van der Waals surface area (Å²) in [5.74, 6) is 1.09. The minimum atomic E-state index is -0.132. The smallest absolute Gasteiger partial charge is 0.319 e. The summed E-state index contributed by atoms with van der Waals surface area (Å²) in [5.41, 5.74) is 6.61. The first-order chi connectivity index (χ1) is 9.29. The zero-order valence-electron chi connectivity index (χ0n) is 11.3. The SMILES string of the molecule is NCC1CCCCC1CNC(=O)Nc1ccccc1. The van der Waals surface area contributed by atoms with Gasteiger partial charge in [0.25, 0.3) is 0 Å². The Morgan fingerprint density at radius 3 is 2.53 bits per heavy atom. The highest BCUT2D eigenvalue weighted by atomic mass is 16.2. The number of para-hydroxylation sites is 1. The van der Waals surface area contributed by atoms with Crippen LogP contribution in [0.15, 0.2) is 30.3 Å². The molecule has 2 atom stereocenters. The van der Waals surface area contributed by atoms with Crippen LogP contribution in [0.2, 0.25) is 0 Å². The molecule has 4 heteroatoms. The Labute approximate surface area is 114 Å². The Kier molecular flexibility index (Phi) is 5.21. The minimum Gasteiger partial charge on any atom is -0.338 e. The lowest BCUT2D eigenvalue weighted by Gasteiger charge is -2.30. The van der Waals surface area contributed by atoms with Crippen molar-refractivity contribution in [2.45, 2.75) is 25.7 Å². The topological polar surface area (TPSA) is 67.1 Å². The summed E-state index contributed by atoms with van der Waals surface area (Å²) in [4.78, 5) is 11.8. The second-order valence-corrected chi connectivity index (χ2v) is 5.24. The Hall–Kier alpha value is -1.55.